The fraction of sp³-hybridized carbons (Fsp3) is 0.484. The third-order valence-corrected chi connectivity index (χ3v) is 8.07. The molecule has 1 aromatic heterocycles. The molecule has 0 aliphatic carbocycles. The summed E-state index contributed by atoms with van der Waals surface area (Å²) in [7, 11) is 1.70. The molecule has 4 atom stereocenters. The van der Waals surface area contributed by atoms with Gasteiger partial charge in [-0.1, -0.05) is 56.3 Å². The highest BCUT2D eigenvalue weighted by Gasteiger charge is 2.45. The van der Waals surface area contributed by atoms with Crippen LogP contribution in [0.5, 0.6) is 0 Å². The average molecular weight is 546 g/mol. The molecule has 0 radical (unpaired) electrons. The minimum Gasteiger partial charge on any atom is -0.438 e. The van der Waals surface area contributed by atoms with Gasteiger partial charge in [0, 0.05) is 31.1 Å². The average Bonchev–Trinajstić information content (AvgIpc) is 3.56. The summed E-state index contributed by atoms with van der Waals surface area (Å²) < 4.78 is 6.29. The summed E-state index contributed by atoms with van der Waals surface area (Å²) in [6, 6.07) is 14.2. The van der Waals surface area contributed by atoms with Crippen LogP contribution in [0, 0.1) is 5.92 Å². The molecule has 9 heteroatoms. The van der Waals surface area contributed by atoms with Gasteiger partial charge in [-0.25, -0.2) is 4.98 Å². The van der Waals surface area contributed by atoms with Crippen molar-refractivity contribution in [1.29, 1.82) is 0 Å². The van der Waals surface area contributed by atoms with E-state index < -0.39 is 12.1 Å². The Balaban J connectivity index is 1.47. The quantitative estimate of drug-likeness (QED) is 0.466. The summed E-state index contributed by atoms with van der Waals surface area (Å²) in [4.78, 5) is 48.7. The predicted molar refractivity (Wildman–Crippen MR) is 153 cm³/mol. The highest BCUT2D eigenvalue weighted by molar-refractivity contribution is 5.92. The Morgan fingerprint density at radius 1 is 1.05 bits per heavy atom. The zero-order valence-electron chi connectivity index (χ0n) is 23.7. The monoisotopic (exact) mass is 545 g/mol. The van der Waals surface area contributed by atoms with E-state index in [0.29, 0.717) is 37.3 Å². The van der Waals surface area contributed by atoms with Crippen molar-refractivity contribution < 1.29 is 18.8 Å². The Bertz CT molecular complexity index is 1370. The van der Waals surface area contributed by atoms with Crippen LogP contribution in [0.15, 0.2) is 52.9 Å². The van der Waals surface area contributed by atoms with Crippen molar-refractivity contribution in [2.75, 3.05) is 20.1 Å². The molecule has 2 fully saturated rings. The number of likely N-dealkylation sites (N-methyl/N-ethyl adjacent to an activating group) is 1. The number of fused-ring (bicyclic) bond motifs is 2. The second kappa shape index (κ2) is 11.8. The molecular formula is C31H39N5O4. The van der Waals surface area contributed by atoms with Crippen molar-refractivity contribution in [2.24, 2.45) is 5.92 Å². The minimum absolute atomic E-state index is 0.0131. The Morgan fingerprint density at radius 3 is 2.55 bits per heavy atom. The van der Waals surface area contributed by atoms with Gasteiger partial charge in [-0.05, 0) is 50.8 Å². The van der Waals surface area contributed by atoms with Crippen molar-refractivity contribution in [1.82, 2.24) is 25.4 Å². The smallest absolute Gasteiger partial charge is 0.247 e. The minimum atomic E-state index is -0.855. The molecule has 2 aliphatic rings. The number of rotatable bonds is 7. The first kappa shape index (κ1) is 27.8. The number of carbonyl (C=O) groups excluding carboxylic acids is 3. The number of hydrogen-bond donors (Lipinski definition) is 2. The molecule has 9 nitrogen and oxygen atoms in total. The van der Waals surface area contributed by atoms with Crippen LogP contribution < -0.4 is 10.6 Å². The molecule has 3 amide bonds. The van der Waals surface area contributed by atoms with Crippen LogP contribution in [-0.4, -0.2) is 70.8 Å². The van der Waals surface area contributed by atoms with Crippen LogP contribution in [0.4, 0.5) is 0 Å². The van der Waals surface area contributed by atoms with Gasteiger partial charge in [-0.15, -0.1) is 0 Å². The van der Waals surface area contributed by atoms with Gasteiger partial charge >= 0.3 is 0 Å². The lowest BCUT2D eigenvalue weighted by Gasteiger charge is -2.38. The zero-order valence-corrected chi connectivity index (χ0v) is 23.7. The SMILES string of the molecule is CN[C@@H](C)C(=O)N[C@H]1CN(C(=O)CC(C)C)CC[C@H]2CC[C@@H](c3nc4c(-c5ccccc5)cccc4o3)N2C1=O. The lowest BCUT2D eigenvalue weighted by molar-refractivity contribution is -0.144. The second-order valence-electron chi connectivity index (χ2n) is 11.4. The van der Waals surface area contributed by atoms with Gasteiger partial charge in [-0.3, -0.25) is 14.4 Å². The van der Waals surface area contributed by atoms with Crippen LogP contribution in [-0.2, 0) is 14.4 Å². The normalized spacial score (nSPS) is 22.2. The van der Waals surface area contributed by atoms with Crippen molar-refractivity contribution in [3.05, 3.63) is 54.4 Å². The number of amides is 3. The van der Waals surface area contributed by atoms with Crippen molar-refractivity contribution >= 4 is 28.8 Å². The van der Waals surface area contributed by atoms with E-state index in [1.165, 1.54) is 0 Å². The lowest BCUT2D eigenvalue weighted by atomic mass is 10.0. The predicted octanol–water partition coefficient (Wildman–Crippen LogP) is 3.90. The molecule has 3 heterocycles. The Morgan fingerprint density at radius 2 is 1.82 bits per heavy atom. The number of carbonyl (C=O) groups is 3. The molecule has 2 N–H and O–H groups in total. The maximum atomic E-state index is 14.2. The van der Waals surface area contributed by atoms with Gasteiger partial charge in [0.25, 0.3) is 0 Å². The second-order valence-corrected chi connectivity index (χ2v) is 11.4. The first-order chi connectivity index (χ1) is 19.3. The van der Waals surface area contributed by atoms with Gasteiger partial charge in [0.05, 0.1) is 6.04 Å². The van der Waals surface area contributed by atoms with E-state index in [2.05, 4.69) is 10.6 Å². The van der Waals surface area contributed by atoms with Crippen molar-refractivity contribution in [3.8, 4) is 11.1 Å². The molecule has 0 bridgehead atoms. The molecule has 3 aromatic rings. The standard InChI is InChI=1S/C31H39N5O4/c1-19(2)17-27(37)35-16-15-22-13-14-25(36(22)31(39)24(18-35)33-29(38)20(3)32-4)30-34-28-23(11-8-12-26(28)40-30)21-9-6-5-7-10-21/h5-12,19-20,22,24-25,32H,13-18H2,1-4H3,(H,33,38)/t20-,22+,24-,25-/m0/s1. The fourth-order valence-corrected chi connectivity index (χ4v) is 5.82. The summed E-state index contributed by atoms with van der Waals surface area (Å²) in [5.74, 6) is 0.254. The first-order valence-electron chi connectivity index (χ1n) is 14.3. The van der Waals surface area contributed by atoms with E-state index in [1.807, 2.05) is 67.3 Å². The zero-order chi connectivity index (χ0) is 28.4. The molecule has 40 heavy (non-hydrogen) atoms. The maximum absolute atomic E-state index is 14.2. The lowest BCUT2D eigenvalue weighted by Crippen LogP contribution is -2.60. The molecule has 5 rings (SSSR count). The third kappa shape index (κ3) is 5.61. The maximum Gasteiger partial charge on any atom is 0.247 e. The van der Waals surface area contributed by atoms with Crippen LogP contribution >= 0.6 is 0 Å². The molecule has 0 saturated carbocycles. The van der Waals surface area contributed by atoms with Gasteiger partial charge in [-0.2, -0.15) is 0 Å². The topological polar surface area (TPSA) is 108 Å². The number of oxazole rings is 1. The van der Waals surface area contributed by atoms with E-state index >= 15 is 0 Å². The Hall–Kier alpha value is -3.72. The van der Waals surface area contributed by atoms with Crippen molar-refractivity contribution in [3.63, 3.8) is 0 Å². The van der Waals surface area contributed by atoms with E-state index in [0.717, 1.165) is 23.1 Å². The van der Waals surface area contributed by atoms with Gasteiger partial charge in [0.15, 0.2) is 5.58 Å². The van der Waals surface area contributed by atoms with Gasteiger partial charge in [0.2, 0.25) is 23.6 Å². The number of aromatic nitrogens is 1. The Kier molecular flexibility index (Phi) is 8.21. The number of hydrogen-bond acceptors (Lipinski definition) is 6. The number of para-hydroxylation sites is 1. The van der Waals surface area contributed by atoms with Crippen LogP contribution in [0.1, 0.15) is 58.4 Å². The summed E-state index contributed by atoms with van der Waals surface area (Å²) in [6.07, 6.45) is 2.57. The summed E-state index contributed by atoms with van der Waals surface area (Å²) in [5, 5.41) is 5.86. The number of benzene rings is 2. The van der Waals surface area contributed by atoms with Gasteiger partial charge < -0.3 is 24.9 Å². The third-order valence-electron chi connectivity index (χ3n) is 8.07. The highest BCUT2D eigenvalue weighted by Crippen LogP contribution is 2.40. The van der Waals surface area contributed by atoms with Crippen LogP contribution in [0.3, 0.4) is 0 Å². The molecule has 212 valence electrons. The Labute approximate surface area is 235 Å². The molecule has 2 saturated heterocycles. The molecule has 2 aromatic carbocycles. The molecule has 0 spiro atoms. The van der Waals surface area contributed by atoms with E-state index in [4.69, 9.17) is 9.40 Å². The van der Waals surface area contributed by atoms with E-state index in [-0.39, 0.29) is 42.3 Å². The first-order valence-corrected chi connectivity index (χ1v) is 14.3. The van der Waals surface area contributed by atoms with E-state index in [1.54, 1.807) is 18.9 Å². The largest absolute Gasteiger partial charge is 0.438 e. The van der Waals surface area contributed by atoms with Gasteiger partial charge in [0.1, 0.15) is 17.6 Å². The molecule has 0 unspecified atom stereocenters. The van der Waals surface area contributed by atoms with E-state index in [9.17, 15) is 14.4 Å². The highest BCUT2D eigenvalue weighted by atomic mass is 16.4. The fourth-order valence-electron chi connectivity index (χ4n) is 5.82. The summed E-state index contributed by atoms with van der Waals surface area (Å²) >= 11 is 0. The molecular weight excluding hydrogens is 506 g/mol. The molecule has 2 aliphatic heterocycles. The number of nitrogens with zero attached hydrogens (tertiary/aromatic N) is 3. The summed E-state index contributed by atoms with van der Waals surface area (Å²) in [6.45, 7) is 6.44. The van der Waals surface area contributed by atoms with Crippen LogP contribution in [0.2, 0.25) is 0 Å². The van der Waals surface area contributed by atoms with Crippen LogP contribution in [0.25, 0.3) is 22.2 Å². The number of nitrogens with one attached hydrogen (secondary N) is 2. The van der Waals surface area contributed by atoms with Crippen molar-refractivity contribution in [2.45, 2.75) is 70.6 Å². The summed E-state index contributed by atoms with van der Waals surface area (Å²) in [5.41, 5.74) is 3.47.